The highest BCUT2D eigenvalue weighted by atomic mass is 16.5. The first-order valence-electron chi connectivity index (χ1n) is 5.40. The Kier molecular flexibility index (Phi) is 2.26. The molecule has 0 saturated heterocycles. The van der Waals surface area contributed by atoms with Crippen LogP contribution in [0.4, 0.5) is 0 Å². The second kappa shape index (κ2) is 3.30. The lowest BCUT2D eigenvalue weighted by Gasteiger charge is -2.37. The van der Waals surface area contributed by atoms with Gasteiger partial charge in [0.1, 0.15) is 11.4 Å². The molecule has 1 heterocycles. The molecule has 1 aromatic carbocycles. The molecular weight excluding hydrogens is 172 g/mol. The van der Waals surface area contributed by atoms with Crippen LogP contribution in [-0.4, -0.2) is 5.60 Å². The van der Waals surface area contributed by atoms with Crippen LogP contribution in [0.25, 0.3) is 0 Å². The van der Waals surface area contributed by atoms with Crippen LogP contribution in [0.5, 0.6) is 5.75 Å². The summed E-state index contributed by atoms with van der Waals surface area (Å²) in [6.45, 7) is 6.60. The third-order valence-electron chi connectivity index (χ3n) is 2.98. The summed E-state index contributed by atoms with van der Waals surface area (Å²) in [5, 5.41) is 0. The molecule has 1 aromatic rings. The second-order valence-corrected chi connectivity index (χ2v) is 4.71. The number of ether oxygens (including phenoxy) is 1. The van der Waals surface area contributed by atoms with E-state index < -0.39 is 0 Å². The van der Waals surface area contributed by atoms with Crippen molar-refractivity contribution in [1.29, 1.82) is 0 Å². The maximum Gasteiger partial charge on any atom is 0.123 e. The van der Waals surface area contributed by atoms with Crippen LogP contribution in [0.1, 0.15) is 45.1 Å². The summed E-state index contributed by atoms with van der Waals surface area (Å²) in [6.07, 6.45) is 2.32. The fourth-order valence-electron chi connectivity index (χ4n) is 2.32. The molecule has 1 unspecified atom stereocenters. The van der Waals surface area contributed by atoms with Gasteiger partial charge >= 0.3 is 0 Å². The largest absolute Gasteiger partial charge is 0.488 e. The van der Waals surface area contributed by atoms with Gasteiger partial charge in [-0.15, -0.1) is 0 Å². The zero-order valence-electron chi connectivity index (χ0n) is 9.21. The average molecular weight is 190 g/mol. The second-order valence-electron chi connectivity index (χ2n) is 4.71. The molecule has 1 atom stereocenters. The van der Waals surface area contributed by atoms with Crippen molar-refractivity contribution in [2.75, 3.05) is 0 Å². The fourth-order valence-corrected chi connectivity index (χ4v) is 2.32. The molecule has 2 rings (SSSR count). The number of fused-ring (bicyclic) bond motifs is 1. The maximum atomic E-state index is 5.95. The average Bonchev–Trinajstić information content (AvgIpc) is 2.15. The number of para-hydroxylation sites is 1. The fraction of sp³-hybridized carbons (Fsp3) is 0.538. The van der Waals surface area contributed by atoms with Gasteiger partial charge in [-0.05, 0) is 44.2 Å². The summed E-state index contributed by atoms with van der Waals surface area (Å²) in [5.41, 5.74) is 1.38. The molecule has 0 fully saturated rings. The predicted octanol–water partition coefficient (Wildman–Crippen LogP) is 3.74. The SMILES string of the molecule is CCC1CC(C)(C)Oc2ccccc21. The van der Waals surface area contributed by atoms with Crippen molar-refractivity contribution in [3.05, 3.63) is 29.8 Å². The Hall–Kier alpha value is -0.980. The molecule has 0 N–H and O–H groups in total. The van der Waals surface area contributed by atoms with Gasteiger partial charge in [0, 0.05) is 0 Å². The van der Waals surface area contributed by atoms with Crippen LogP contribution in [0.3, 0.4) is 0 Å². The normalized spacial score (nSPS) is 23.8. The Morgan fingerprint density at radius 1 is 1.36 bits per heavy atom. The van der Waals surface area contributed by atoms with Gasteiger partial charge in [-0.3, -0.25) is 0 Å². The minimum Gasteiger partial charge on any atom is -0.488 e. The zero-order chi connectivity index (χ0) is 10.2. The van der Waals surface area contributed by atoms with Gasteiger partial charge in [0.2, 0.25) is 0 Å². The number of rotatable bonds is 1. The van der Waals surface area contributed by atoms with Crippen molar-refractivity contribution in [3.63, 3.8) is 0 Å². The number of hydrogen-bond acceptors (Lipinski definition) is 1. The molecule has 0 bridgehead atoms. The van der Waals surface area contributed by atoms with Gasteiger partial charge in [0.05, 0.1) is 0 Å². The third-order valence-corrected chi connectivity index (χ3v) is 2.98. The van der Waals surface area contributed by atoms with E-state index >= 15 is 0 Å². The topological polar surface area (TPSA) is 9.23 Å². The minimum absolute atomic E-state index is 0.00493. The van der Waals surface area contributed by atoms with Crippen molar-refractivity contribution < 1.29 is 4.74 Å². The van der Waals surface area contributed by atoms with Gasteiger partial charge in [0.25, 0.3) is 0 Å². The molecule has 14 heavy (non-hydrogen) atoms. The van der Waals surface area contributed by atoms with E-state index in [0.717, 1.165) is 12.2 Å². The van der Waals surface area contributed by atoms with E-state index in [1.54, 1.807) is 0 Å². The molecule has 0 radical (unpaired) electrons. The van der Waals surface area contributed by atoms with E-state index in [-0.39, 0.29) is 5.60 Å². The van der Waals surface area contributed by atoms with Crippen LogP contribution < -0.4 is 4.74 Å². The maximum absolute atomic E-state index is 5.95. The Morgan fingerprint density at radius 3 is 2.79 bits per heavy atom. The lowest BCUT2D eigenvalue weighted by Crippen LogP contribution is -2.34. The zero-order valence-corrected chi connectivity index (χ0v) is 9.21. The van der Waals surface area contributed by atoms with Gasteiger partial charge < -0.3 is 4.74 Å². The smallest absolute Gasteiger partial charge is 0.123 e. The van der Waals surface area contributed by atoms with Crippen LogP contribution >= 0.6 is 0 Å². The van der Waals surface area contributed by atoms with Crippen molar-refractivity contribution in [1.82, 2.24) is 0 Å². The van der Waals surface area contributed by atoms with E-state index in [1.165, 1.54) is 12.0 Å². The van der Waals surface area contributed by atoms with Gasteiger partial charge in [-0.25, -0.2) is 0 Å². The van der Waals surface area contributed by atoms with Crippen LogP contribution in [0, 0.1) is 0 Å². The minimum atomic E-state index is -0.00493. The summed E-state index contributed by atoms with van der Waals surface area (Å²) in [6, 6.07) is 8.42. The van der Waals surface area contributed by atoms with Crippen LogP contribution in [0.2, 0.25) is 0 Å². The molecule has 0 aromatic heterocycles. The molecule has 1 heteroatoms. The van der Waals surface area contributed by atoms with Crippen molar-refractivity contribution in [2.45, 2.75) is 45.1 Å². The summed E-state index contributed by atoms with van der Waals surface area (Å²) >= 11 is 0. The predicted molar refractivity (Wildman–Crippen MR) is 58.8 cm³/mol. The van der Waals surface area contributed by atoms with Crippen molar-refractivity contribution in [3.8, 4) is 5.75 Å². The Labute approximate surface area is 86.1 Å². The van der Waals surface area contributed by atoms with E-state index in [4.69, 9.17) is 4.74 Å². The first-order chi connectivity index (χ1) is 6.62. The first-order valence-corrected chi connectivity index (χ1v) is 5.40. The summed E-state index contributed by atoms with van der Waals surface area (Å²) in [7, 11) is 0. The summed E-state index contributed by atoms with van der Waals surface area (Å²) in [5.74, 6) is 1.74. The molecule has 0 aliphatic carbocycles. The Bertz CT molecular complexity index is 328. The van der Waals surface area contributed by atoms with E-state index in [1.807, 2.05) is 6.07 Å². The molecular formula is C13H18O. The standard InChI is InChI=1S/C13H18O/c1-4-10-9-13(2,3)14-12-8-6-5-7-11(10)12/h5-8,10H,4,9H2,1-3H3. The van der Waals surface area contributed by atoms with E-state index in [0.29, 0.717) is 5.92 Å². The lowest BCUT2D eigenvalue weighted by molar-refractivity contribution is 0.0712. The van der Waals surface area contributed by atoms with Crippen LogP contribution in [-0.2, 0) is 0 Å². The van der Waals surface area contributed by atoms with E-state index in [9.17, 15) is 0 Å². The van der Waals surface area contributed by atoms with E-state index in [2.05, 4.69) is 39.0 Å². The molecule has 76 valence electrons. The quantitative estimate of drug-likeness (QED) is 0.655. The Balaban J connectivity index is 2.41. The highest BCUT2D eigenvalue weighted by molar-refractivity contribution is 5.38. The highest BCUT2D eigenvalue weighted by Gasteiger charge is 2.32. The molecule has 0 spiro atoms. The summed E-state index contributed by atoms with van der Waals surface area (Å²) in [4.78, 5) is 0. The number of hydrogen-bond donors (Lipinski definition) is 0. The van der Waals surface area contributed by atoms with Crippen molar-refractivity contribution >= 4 is 0 Å². The van der Waals surface area contributed by atoms with Gasteiger partial charge in [-0.2, -0.15) is 0 Å². The lowest BCUT2D eigenvalue weighted by atomic mass is 9.83. The molecule has 0 saturated carbocycles. The molecule has 1 nitrogen and oxygen atoms in total. The number of benzene rings is 1. The van der Waals surface area contributed by atoms with Crippen molar-refractivity contribution in [2.24, 2.45) is 0 Å². The summed E-state index contributed by atoms with van der Waals surface area (Å²) < 4.78 is 5.95. The molecule has 0 amide bonds. The van der Waals surface area contributed by atoms with Gasteiger partial charge in [-0.1, -0.05) is 25.1 Å². The molecule has 1 aliphatic rings. The van der Waals surface area contributed by atoms with Crippen LogP contribution in [0.15, 0.2) is 24.3 Å². The Morgan fingerprint density at radius 2 is 2.07 bits per heavy atom. The molecule has 1 aliphatic heterocycles. The monoisotopic (exact) mass is 190 g/mol. The van der Waals surface area contributed by atoms with Gasteiger partial charge in [0.15, 0.2) is 0 Å². The highest BCUT2D eigenvalue weighted by Crippen LogP contribution is 2.41. The first kappa shape index (κ1) is 9.57. The third kappa shape index (κ3) is 1.63.